The highest BCUT2D eigenvalue weighted by molar-refractivity contribution is 7.18. The number of hydrogen-bond acceptors (Lipinski definition) is 4. The summed E-state index contributed by atoms with van der Waals surface area (Å²) in [5.41, 5.74) is 2.70. The maximum atomic E-state index is 11.9. The third kappa shape index (κ3) is 3.38. The topological polar surface area (TPSA) is 54.0 Å². The predicted molar refractivity (Wildman–Crippen MR) is 87.9 cm³/mol. The molecule has 0 aliphatic rings. The number of rotatable bonds is 4. The van der Waals surface area contributed by atoms with E-state index < -0.39 is 0 Å². The van der Waals surface area contributed by atoms with Crippen LogP contribution in [0.1, 0.15) is 5.01 Å². The van der Waals surface area contributed by atoms with E-state index in [1.165, 1.54) is 0 Å². The van der Waals surface area contributed by atoms with Gasteiger partial charge in [-0.1, -0.05) is 18.2 Å². The van der Waals surface area contributed by atoms with E-state index in [4.69, 9.17) is 0 Å². The van der Waals surface area contributed by atoms with Gasteiger partial charge in [0.1, 0.15) is 0 Å². The van der Waals surface area contributed by atoms with E-state index in [2.05, 4.69) is 15.6 Å². The first kappa shape index (κ1) is 13.6. The summed E-state index contributed by atoms with van der Waals surface area (Å²) in [5, 5.41) is 7.00. The van der Waals surface area contributed by atoms with Crippen LogP contribution in [-0.2, 0) is 4.79 Å². The minimum absolute atomic E-state index is 0.0700. The van der Waals surface area contributed by atoms with E-state index in [-0.39, 0.29) is 12.5 Å². The molecule has 1 amide bonds. The molecular weight excluding hydrogens is 282 g/mol. The first-order valence-corrected chi connectivity index (χ1v) is 7.48. The zero-order valence-corrected chi connectivity index (χ0v) is 12.4. The molecule has 0 unspecified atom stereocenters. The fraction of sp³-hybridized carbons (Fsp3) is 0.125. The van der Waals surface area contributed by atoms with Crippen molar-refractivity contribution >= 4 is 38.8 Å². The Bertz CT molecular complexity index is 768. The second-order valence-corrected chi connectivity index (χ2v) is 5.92. The molecule has 0 saturated carbocycles. The molecule has 1 heterocycles. The van der Waals surface area contributed by atoms with Gasteiger partial charge in [0.25, 0.3) is 0 Å². The molecule has 0 aliphatic carbocycles. The quantitative estimate of drug-likeness (QED) is 0.773. The number of fused-ring (bicyclic) bond motifs is 1. The maximum absolute atomic E-state index is 11.9. The monoisotopic (exact) mass is 297 g/mol. The van der Waals surface area contributed by atoms with Gasteiger partial charge >= 0.3 is 0 Å². The zero-order valence-electron chi connectivity index (χ0n) is 11.6. The average Bonchev–Trinajstić information content (AvgIpc) is 2.85. The molecule has 0 fully saturated rings. The highest BCUT2D eigenvalue weighted by Crippen LogP contribution is 2.24. The lowest BCUT2D eigenvalue weighted by molar-refractivity contribution is -0.114. The largest absolute Gasteiger partial charge is 0.376 e. The van der Waals surface area contributed by atoms with Crippen molar-refractivity contribution in [2.24, 2.45) is 0 Å². The number of amides is 1. The summed E-state index contributed by atoms with van der Waals surface area (Å²) in [7, 11) is 0. The predicted octanol–water partition coefficient (Wildman–Crippen LogP) is 3.66. The van der Waals surface area contributed by atoms with Gasteiger partial charge in [-0.05, 0) is 37.3 Å². The van der Waals surface area contributed by atoms with Gasteiger partial charge in [0.05, 0.1) is 21.8 Å². The number of thiazole rings is 1. The Balaban J connectivity index is 1.63. The molecule has 4 nitrogen and oxygen atoms in total. The van der Waals surface area contributed by atoms with E-state index >= 15 is 0 Å². The molecule has 3 aromatic rings. The minimum Gasteiger partial charge on any atom is -0.376 e. The van der Waals surface area contributed by atoms with Crippen molar-refractivity contribution in [2.75, 3.05) is 17.2 Å². The Morgan fingerprint density at radius 2 is 1.95 bits per heavy atom. The molecule has 1 aromatic heterocycles. The number of para-hydroxylation sites is 1. The second-order valence-electron chi connectivity index (χ2n) is 4.68. The smallest absolute Gasteiger partial charge is 0.243 e. The van der Waals surface area contributed by atoms with Crippen molar-refractivity contribution in [3.05, 3.63) is 53.5 Å². The molecule has 106 valence electrons. The Morgan fingerprint density at radius 3 is 2.76 bits per heavy atom. The summed E-state index contributed by atoms with van der Waals surface area (Å²) in [6, 6.07) is 15.4. The lowest BCUT2D eigenvalue weighted by Crippen LogP contribution is -2.21. The van der Waals surface area contributed by atoms with Crippen LogP contribution >= 0.6 is 11.3 Å². The third-order valence-corrected chi connectivity index (χ3v) is 3.94. The number of nitrogens with one attached hydrogen (secondary N) is 2. The number of hydrogen-bond donors (Lipinski definition) is 2. The van der Waals surface area contributed by atoms with Gasteiger partial charge in [-0.25, -0.2) is 4.98 Å². The van der Waals surface area contributed by atoms with E-state index in [1.807, 2.05) is 55.5 Å². The average molecular weight is 297 g/mol. The molecule has 5 heteroatoms. The SMILES string of the molecule is Cc1nc2ccc(NC(=O)CNc3ccccc3)cc2s1. The van der Waals surface area contributed by atoms with Crippen LogP contribution in [0.15, 0.2) is 48.5 Å². The number of carbonyl (C=O) groups is 1. The molecule has 2 N–H and O–H groups in total. The summed E-state index contributed by atoms with van der Waals surface area (Å²) in [4.78, 5) is 16.3. The zero-order chi connectivity index (χ0) is 14.7. The van der Waals surface area contributed by atoms with Crippen molar-refractivity contribution in [3.63, 3.8) is 0 Å². The van der Waals surface area contributed by atoms with E-state index in [1.54, 1.807) is 11.3 Å². The van der Waals surface area contributed by atoms with E-state index in [0.717, 1.165) is 26.6 Å². The van der Waals surface area contributed by atoms with Crippen LogP contribution in [0, 0.1) is 6.92 Å². The summed E-state index contributed by atoms with van der Waals surface area (Å²) in [5.74, 6) is -0.0700. The van der Waals surface area contributed by atoms with Gasteiger partial charge in [-0.3, -0.25) is 4.79 Å². The third-order valence-electron chi connectivity index (χ3n) is 3.01. The number of anilines is 2. The second kappa shape index (κ2) is 5.93. The van der Waals surface area contributed by atoms with Crippen molar-refractivity contribution < 1.29 is 4.79 Å². The summed E-state index contributed by atoms with van der Waals surface area (Å²) in [6.07, 6.45) is 0. The van der Waals surface area contributed by atoms with Gasteiger partial charge in [-0.2, -0.15) is 0 Å². The summed E-state index contributed by atoms with van der Waals surface area (Å²) >= 11 is 1.63. The Hall–Kier alpha value is -2.40. The van der Waals surface area contributed by atoms with E-state index in [0.29, 0.717) is 0 Å². The molecular formula is C16H15N3OS. The molecule has 0 aliphatic heterocycles. The van der Waals surface area contributed by atoms with Crippen LogP contribution in [0.25, 0.3) is 10.2 Å². The van der Waals surface area contributed by atoms with Gasteiger partial charge in [0, 0.05) is 11.4 Å². The van der Waals surface area contributed by atoms with Crippen LogP contribution in [0.3, 0.4) is 0 Å². The number of nitrogens with zero attached hydrogens (tertiary/aromatic N) is 1. The molecule has 3 rings (SSSR count). The van der Waals surface area contributed by atoms with Crippen LogP contribution in [0.4, 0.5) is 11.4 Å². The van der Waals surface area contributed by atoms with Crippen molar-refractivity contribution in [1.82, 2.24) is 4.98 Å². The molecule has 21 heavy (non-hydrogen) atoms. The molecule has 0 radical (unpaired) electrons. The van der Waals surface area contributed by atoms with Crippen molar-refractivity contribution in [2.45, 2.75) is 6.92 Å². The lowest BCUT2D eigenvalue weighted by Gasteiger charge is -2.07. The van der Waals surface area contributed by atoms with Crippen LogP contribution in [-0.4, -0.2) is 17.4 Å². The van der Waals surface area contributed by atoms with Crippen LogP contribution in [0.2, 0.25) is 0 Å². The van der Waals surface area contributed by atoms with Gasteiger partial charge in [0.15, 0.2) is 0 Å². The first-order chi connectivity index (χ1) is 10.2. The number of aryl methyl sites for hydroxylation is 1. The minimum atomic E-state index is -0.0700. The number of aromatic nitrogens is 1. The Labute approximate surface area is 126 Å². The normalized spacial score (nSPS) is 10.5. The highest BCUT2D eigenvalue weighted by atomic mass is 32.1. The van der Waals surface area contributed by atoms with Gasteiger partial charge in [0.2, 0.25) is 5.91 Å². The number of carbonyl (C=O) groups excluding carboxylic acids is 1. The first-order valence-electron chi connectivity index (χ1n) is 6.67. The molecule has 0 atom stereocenters. The number of benzene rings is 2. The standard InChI is InChI=1S/C16H15N3OS/c1-11-18-14-8-7-13(9-15(14)21-11)19-16(20)10-17-12-5-3-2-4-6-12/h2-9,17H,10H2,1H3,(H,19,20). The molecule has 0 spiro atoms. The van der Waals surface area contributed by atoms with Gasteiger partial charge < -0.3 is 10.6 Å². The van der Waals surface area contributed by atoms with Crippen molar-refractivity contribution in [1.29, 1.82) is 0 Å². The molecule has 0 saturated heterocycles. The summed E-state index contributed by atoms with van der Waals surface area (Å²) < 4.78 is 1.08. The summed E-state index contributed by atoms with van der Waals surface area (Å²) in [6.45, 7) is 2.22. The van der Waals surface area contributed by atoms with Crippen molar-refractivity contribution in [3.8, 4) is 0 Å². The van der Waals surface area contributed by atoms with Crippen LogP contribution in [0.5, 0.6) is 0 Å². The van der Waals surface area contributed by atoms with Gasteiger partial charge in [-0.15, -0.1) is 11.3 Å². The maximum Gasteiger partial charge on any atom is 0.243 e. The highest BCUT2D eigenvalue weighted by Gasteiger charge is 2.05. The van der Waals surface area contributed by atoms with Crippen LogP contribution < -0.4 is 10.6 Å². The Morgan fingerprint density at radius 1 is 1.14 bits per heavy atom. The lowest BCUT2D eigenvalue weighted by atomic mass is 10.3. The molecule has 2 aromatic carbocycles. The fourth-order valence-corrected chi connectivity index (χ4v) is 2.93. The molecule has 0 bridgehead atoms. The Kier molecular flexibility index (Phi) is 3.83. The fourth-order valence-electron chi connectivity index (χ4n) is 2.06. The van der Waals surface area contributed by atoms with E-state index in [9.17, 15) is 4.79 Å².